The summed E-state index contributed by atoms with van der Waals surface area (Å²) in [4.78, 5) is 12.0. The Hall–Kier alpha value is -1.42. The van der Waals surface area contributed by atoms with Gasteiger partial charge in [0.25, 0.3) is 5.91 Å². The fraction of sp³-hybridized carbons (Fsp3) is 0.571. The third kappa shape index (κ3) is 5.27. The lowest BCUT2D eigenvalue weighted by Crippen LogP contribution is -2.42. The zero-order valence-electron chi connectivity index (χ0n) is 11.7. The Morgan fingerprint density at radius 2 is 2.17 bits per heavy atom. The molecule has 0 bridgehead atoms. The van der Waals surface area contributed by atoms with E-state index in [0.717, 1.165) is 6.54 Å². The van der Waals surface area contributed by atoms with Gasteiger partial charge in [-0.15, -0.1) is 0 Å². The lowest BCUT2D eigenvalue weighted by molar-refractivity contribution is -0.698. The van der Waals surface area contributed by atoms with Gasteiger partial charge in [-0.25, -0.2) is 4.57 Å². The van der Waals surface area contributed by atoms with Crippen molar-refractivity contribution in [1.29, 1.82) is 0 Å². The van der Waals surface area contributed by atoms with Crippen LogP contribution in [0.1, 0.15) is 38.1 Å². The summed E-state index contributed by atoms with van der Waals surface area (Å²) in [6, 6.07) is 3.70. The van der Waals surface area contributed by atoms with E-state index in [1.54, 1.807) is 0 Å². The van der Waals surface area contributed by atoms with Crippen molar-refractivity contribution in [1.82, 2.24) is 5.32 Å². The average molecular weight is 251 g/mol. The first kappa shape index (κ1) is 14.6. The van der Waals surface area contributed by atoms with Crippen molar-refractivity contribution in [2.75, 3.05) is 13.2 Å². The minimum atomic E-state index is -0.219. The Bertz CT molecular complexity index is 397. The maximum absolute atomic E-state index is 12.0. The number of hydrogen-bond donors (Lipinski definition) is 1. The van der Waals surface area contributed by atoms with Gasteiger partial charge in [0.2, 0.25) is 0 Å². The fourth-order valence-corrected chi connectivity index (χ4v) is 1.52. The smallest absolute Gasteiger partial charge is 0.257 e. The molecule has 0 saturated carbocycles. The maximum Gasteiger partial charge on any atom is 0.257 e. The minimum Gasteiger partial charge on any atom is -0.375 e. The molecular formula is C14H23N2O2+. The molecular weight excluding hydrogens is 228 g/mol. The van der Waals surface area contributed by atoms with E-state index < -0.39 is 0 Å². The van der Waals surface area contributed by atoms with Gasteiger partial charge in [-0.2, -0.15) is 0 Å². The van der Waals surface area contributed by atoms with Gasteiger partial charge < -0.3 is 10.1 Å². The molecule has 4 heteroatoms. The second-order valence-corrected chi connectivity index (χ2v) is 5.23. The summed E-state index contributed by atoms with van der Waals surface area (Å²) >= 11 is 0. The second-order valence-electron chi connectivity index (χ2n) is 5.23. The fourth-order valence-electron chi connectivity index (χ4n) is 1.52. The predicted molar refractivity (Wildman–Crippen MR) is 70.3 cm³/mol. The van der Waals surface area contributed by atoms with Crippen LogP contribution in [0.5, 0.6) is 0 Å². The van der Waals surface area contributed by atoms with Crippen LogP contribution in [0.3, 0.4) is 0 Å². The summed E-state index contributed by atoms with van der Waals surface area (Å²) in [6.45, 7) is 10.0. The van der Waals surface area contributed by atoms with Gasteiger partial charge in [-0.05, 0) is 33.8 Å². The van der Waals surface area contributed by atoms with Gasteiger partial charge in [-0.3, -0.25) is 4.79 Å². The first-order valence-electron chi connectivity index (χ1n) is 6.32. The van der Waals surface area contributed by atoms with Crippen LogP contribution in [0, 0.1) is 0 Å². The third-order valence-corrected chi connectivity index (χ3v) is 2.31. The van der Waals surface area contributed by atoms with Crippen molar-refractivity contribution in [2.24, 2.45) is 0 Å². The standard InChI is InChI=1S/C14H22N2O2/c1-5-18-10-9-16-8-6-7-12(11-16)13(17)15-14(2,3)4/h6-8,11H,5,9-10H2,1-4H3/p+1. The number of rotatable bonds is 5. The quantitative estimate of drug-likeness (QED) is 0.637. The molecule has 1 aromatic heterocycles. The summed E-state index contributed by atoms with van der Waals surface area (Å²) in [7, 11) is 0. The molecule has 0 aromatic carbocycles. The number of pyridine rings is 1. The molecule has 100 valence electrons. The van der Waals surface area contributed by atoms with Gasteiger partial charge in [0.1, 0.15) is 12.2 Å². The van der Waals surface area contributed by atoms with E-state index in [1.165, 1.54) is 0 Å². The molecule has 1 heterocycles. The molecule has 0 atom stereocenters. The van der Waals surface area contributed by atoms with Crippen LogP contribution < -0.4 is 9.88 Å². The number of nitrogens with zero attached hydrogens (tertiary/aromatic N) is 1. The summed E-state index contributed by atoms with van der Waals surface area (Å²) < 4.78 is 7.26. The van der Waals surface area contributed by atoms with Gasteiger partial charge >= 0.3 is 0 Å². The molecule has 0 aliphatic carbocycles. The molecule has 0 saturated heterocycles. The van der Waals surface area contributed by atoms with Crippen molar-refractivity contribution in [2.45, 2.75) is 39.8 Å². The molecule has 0 fully saturated rings. The minimum absolute atomic E-state index is 0.0479. The first-order chi connectivity index (χ1) is 8.42. The van der Waals surface area contributed by atoms with Gasteiger partial charge in [0.15, 0.2) is 18.9 Å². The normalized spacial score (nSPS) is 11.3. The molecule has 4 nitrogen and oxygen atoms in total. The largest absolute Gasteiger partial charge is 0.375 e. The summed E-state index contributed by atoms with van der Waals surface area (Å²) in [5, 5.41) is 2.95. The number of carbonyl (C=O) groups excluding carboxylic acids is 1. The van der Waals surface area contributed by atoms with Crippen LogP contribution in [-0.4, -0.2) is 24.7 Å². The van der Waals surface area contributed by atoms with E-state index in [9.17, 15) is 4.79 Å². The van der Waals surface area contributed by atoms with Crippen LogP contribution in [0.15, 0.2) is 24.5 Å². The van der Waals surface area contributed by atoms with Crippen LogP contribution >= 0.6 is 0 Å². The molecule has 1 N–H and O–H groups in total. The van der Waals surface area contributed by atoms with E-state index in [4.69, 9.17) is 4.74 Å². The van der Waals surface area contributed by atoms with Crippen molar-refractivity contribution in [3.05, 3.63) is 30.1 Å². The highest BCUT2D eigenvalue weighted by Gasteiger charge is 2.17. The maximum atomic E-state index is 12.0. The van der Waals surface area contributed by atoms with Gasteiger partial charge in [0, 0.05) is 18.2 Å². The Balaban J connectivity index is 2.66. The Morgan fingerprint density at radius 1 is 1.44 bits per heavy atom. The van der Waals surface area contributed by atoms with E-state index >= 15 is 0 Å². The zero-order chi connectivity index (χ0) is 13.6. The number of nitrogens with one attached hydrogen (secondary N) is 1. The highest BCUT2D eigenvalue weighted by Crippen LogP contribution is 2.02. The van der Waals surface area contributed by atoms with Crippen LogP contribution in [0.4, 0.5) is 0 Å². The SMILES string of the molecule is CCOCC[n+]1cccc(C(=O)NC(C)(C)C)c1. The first-order valence-corrected chi connectivity index (χ1v) is 6.32. The molecule has 0 aliphatic rings. The average Bonchev–Trinajstić information content (AvgIpc) is 2.27. The van der Waals surface area contributed by atoms with Gasteiger partial charge in [-0.1, -0.05) is 0 Å². The van der Waals surface area contributed by atoms with E-state index in [0.29, 0.717) is 18.8 Å². The number of carbonyl (C=O) groups is 1. The van der Waals surface area contributed by atoms with Crippen molar-refractivity contribution >= 4 is 5.91 Å². The molecule has 18 heavy (non-hydrogen) atoms. The Morgan fingerprint density at radius 3 is 2.78 bits per heavy atom. The van der Waals surface area contributed by atoms with Crippen molar-refractivity contribution < 1.29 is 14.1 Å². The second kappa shape index (κ2) is 6.50. The highest BCUT2D eigenvalue weighted by molar-refractivity contribution is 5.94. The number of amides is 1. The lowest BCUT2D eigenvalue weighted by Gasteiger charge is -2.19. The van der Waals surface area contributed by atoms with E-state index in [-0.39, 0.29) is 11.4 Å². The van der Waals surface area contributed by atoms with Crippen LogP contribution in [0.25, 0.3) is 0 Å². The third-order valence-electron chi connectivity index (χ3n) is 2.31. The van der Waals surface area contributed by atoms with E-state index in [1.807, 2.05) is 56.8 Å². The van der Waals surface area contributed by atoms with Crippen LogP contribution in [-0.2, 0) is 11.3 Å². The predicted octanol–water partition coefficient (Wildman–Crippen LogP) is 1.54. The molecule has 0 aliphatic heterocycles. The Labute approximate surface area is 109 Å². The van der Waals surface area contributed by atoms with Crippen molar-refractivity contribution in [3.63, 3.8) is 0 Å². The number of ether oxygens (including phenoxy) is 1. The van der Waals surface area contributed by atoms with Crippen molar-refractivity contribution in [3.8, 4) is 0 Å². The summed E-state index contributed by atoms with van der Waals surface area (Å²) in [5.74, 6) is -0.0479. The summed E-state index contributed by atoms with van der Waals surface area (Å²) in [5.41, 5.74) is 0.451. The van der Waals surface area contributed by atoms with Gasteiger partial charge in [0.05, 0.1) is 0 Å². The van der Waals surface area contributed by atoms with E-state index in [2.05, 4.69) is 5.32 Å². The molecule has 0 spiro atoms. The number of hydrogen-bond acceptors (Lipinski definition) is 2. The molecule has 1 aromatic rings. The molecule has 0 unspecified atom stereocenters. The monoisotopic (exact) mass is 251 g/mol. The topological polar surface area (TPSA) is 42.2 Å². The molecule has 0 radical (unpaired) electrons. The zero-order valence-corrected chi connectivity index (χ0v) is 11.7. The number of aromatic nitrogens is 1. The highest BCUT2D eigenvalue weighted by atomic mass is 16.5. The molecule has 1 amide bonds. The van der Waals surface area contributed by atoms with Crippen LogP contribution in [0.2, 0.25) is 0 Å². The molecule has 1 rings (SSSR count). The Kier molecular flexibility index (Phi) is 5.28. The lowest BCUT2D eigenvalue weighted by atomic mass is 10.1. The summed E-state index contributed by atoms with van der Waals surface area (Å²) in [6.07, 6.45) is 3.78.